The minimum atomic E-state index is -4.42. The van der Waals surface area contributed by atoms with Crippen LogP contribution >= 0.6 is 0 Å². The Morgan fingerprint density at radius 1 is 1.30 bits per heavy atom. The summed E-state index contributed by atoms with van der Waals surface area (Å²) in [6.07, 6.45) is -2.95. The molecule has 3 rings (SSSR count). The summed E-state index contributed by atoms with van der Waals surface area (Å²) in [5.74, 6) is -0.128. The first-order valence-corrected chi connectivity index (χ1v) is 6.87. The first kappa shape index (κ1) is 15.3. The lowest BCUT2D eigenvalue weighted by atomic mass is 10.1. The van der Waals surface area contributed by atoms with E-state index in [0.29, 0.717) is 24.3 Å². The van der Waals surface area contributed by atoms with Crippen LogP contribution in [0.4, 0.5) is 19.1 Å². The van der Waals surface area contributed by atoms with Gasteiger partial charge in [-0.05, 0) is 11.6 Å². The molecule has 0 saturated heterocycles. The van der Waals surface area contributed by atoms with Gasteiger partial charge in [0.1, 0.15) is 0 Å². The van der Waals surface area contributed by atoms with Crippen LogP contribution in [0.25, 0.3) is 0 Å². The minimum absolute atomic E-state index is 0.0964. The molecule has 0 bridgehead atoms. The third kappa shape index (κ3) is 3.25. The Hall–Kier alpha value is -2.64. The molecule has 0 saturated carbocycles. The molecule has 0 fully saturated rings. The summed E-state index contributed by atoms with van der Waals surface area (Å²) in [6, 6.07) is 4.79. The number of nitrogens with two attached hydrogens (primary N) is 1. The SMILES string of the molecule is Nc1ncc2c(n1)CN(C(=O)Cc1cccc(C(F)(F)F)c1)C2. The average molecular weight is 322 g/mol. The van der Waals surface area contributed by atoms with Crippen molar-refractivity contribution in [3.8, 4) is 0 Å². The van der Waals surface area contributed by atoms with Crippen LogP contribution in [0.15, 0.2) is 30.5 Å². The van der Waals surface area contributed by atoms with Crippen molar-refractivity contribution < 1.29 is 18.0 Å². The molecule has 2 heterocycles. The molecule has 0 spiro atoms. The minimum Gasteiger partial charge on any atom is -0.368 e. The zero-order valence-corrected chi connectivity index (χ0v) is 12.0. The summed E-state index contributed by atoms with van der Waals surface area (Å²) in [5.41, 5.74) is 6.55. The van der Waals surface area contributed by atoms with Gasteiger partial charge in [-0.15, -0.1) is 0 Å². The summed E-state index contributed by atoms with van der Waals surface area (Å²) in [5, 5.41) is 0. The second-order valence-electron chi connectivity index (χ2n) is 5.32. The van der Waals surface area contributed by atoms with Crippen molar-refractivity contribution in [1.82, 2.24) is 14.9 Å². The van der Waals surface area contributed by atoms with Gasteiger partial charge in [-0.25, -0.2) is 9.97 Å². The van der Waals surface area contributed by atoms with E-state index in [4.69, 9.17) is 5.73 Å². The number of nitrogens with zero attached hydrogens (tertiary/aromatic N) is 3. The molecule has 1 aromatic carbocycles. The number of benzene rings is 1. The zero-order chi connectivity index (χ0) is 16.6. The lowest BCUT2D eigenvalue weighted by Gasteiger charge is -2.15. The Kier molecular flexibility index (Phi) is 3.67. The van der Waals surface area contributed by atoms with Gasteiger partial charge in [0.2, 0.25) is 11.9 Å². The molecule has 0 atom stereocenters. The third-order valence-electron chi connectivity index (χ3n) is 3.64. The molecule has 5 nitrogen and oxygen atoms in total. The van der Waals surface area contributed by atoms with Crippen molar-refractivity contribution in [2.45, 2.75) is 25.7 Å². The summed E-state index contributed by atoms with van der Waals surface area (Å²) in [4.78, 5) is 21.8. The van der Waals surface area contributed by atoms with Crippen LogP contribution in [0.1, 0.15) is 22.4 Å². The predicted molar refractivity (Wildman–Crippen MR) is 75.8 cm³/mol. The number of rotatable bonds is 2. The van der Waals surface area contributed by atoms with Crippen LogP contribution in [0.2, 0.25) is 0 Å². The fourth-order valence-electron chi connectivity index (χ4n) is 2.49. The summed E-state index contributed by atoms with van der Waals surface area (Å²) >= 11 is 0. The van der Waals surface area contributed by atoms with Gasteiger partial charge < -0.3 is 10.6 Å². The highest BCUT2D eigenvalue weighted by Gasteiger charge is 2.31. The van der Waals surface area contributed by atoms with Crippen molar-refractivity contribution in [1.29, 1.82) is 0 Å². The van der Waals surface area contributed by atoms with E-state index in [1.807, 2.05) is 0 Å². The molecule has 120 valence electrons. The van der Waals surface area contributed by atoms with Crippen molar-refractivity contribution in [2.75, 3.05) is 5.73 Å². The number of hydrogen-bond donors (Lipinski definition) is 1. The summed E-state index contributed by atoms with van der Waals surface area (Å²) in [6.45, 7) is 0.632. The van der Waals surface area contributed by atoms with Crippen LogP contribution in [-0.4, -0.2) is 20.8 Å². The molecular weight excluding hydrogens is 309 g/mol. The molecule has 1 aromatic heterocycles. The second-order valence-corrected chi connectivity index (χ2v) is 5.32. The fraction of sp³-hybridized carbons (Fsp3) is 0.267. The largest absolute Gasteiger partial charge is 0.416 e. The molecule has 23 heavy (non-hydrogen) atoms. The summed E-state index contributed by atoms with van der Waals surface area (Å²) in [7, 11) is 0. The summed E-state index contributed by atoms with van der Waals surface area (Å²) < 4.78 is 38.1. The number of hydrogen-bond acceptors (Lipinski definition) is 4. The van der Waals surface area contributed by atoms with Gasteiger partial charge >= 0.3 is 6.18 Å². The number of anilines is 1. The molecule has 1 amide bonds. The topological polar surface area (TPSA) is 72.1 Å². The van der Waals surface area contributed by atoms with Gasteiger partial charge in [0.25, 0.3) is 0 Å². The maximum Gasteiger partial charge on any atom is 0.416 e. The standard InChI is InChI=1S/C15H13F3N4O/c16-15(17,18)11-3-1-2-9(4-11)5-13(23)22-7-10-6-20-14(19)21-12(10)8-22/h1-4,6H,5,7-8H2,(H2,19,20,21). The maximum atomic E-state index is 12.7. The van der Waals surface area contributed by atoms with E-state index < -0.39 is 11.7 Å². The van der Waals surface area contributed by atoms with E-state index in [9.17, 15) is 18.0 Å². The lowest BCUT2D eigenvalue weighted by Crippen LogP contribution is -2.27. The number of nitrogen functional groups attached to an aromatic ring is 1. The third-order valence-corrected chi connectivity index (χ3v) is 3.64. The molecule has 0 radical (unpaired) electrons. The quantitative estimate of drug-likeness (QED) is 0.920. The fourth-order valence-corrected chi connectivity index (χ4v) is 2.49. The number of amides is 1. The van der Waals surface area contributed by atoms with Crippen molar-refractivity contribution in [3.63, 3.8) is 0 Å². The zero-order valence-electron chi connectivity index (χ0n) is 12.0. The van der Waals surface area contributed by atoms with Gasteiger partial charge in [-0.1, -0.05) is 18.2 Å². The van der Waals surface area contributed by atoms with E-state index in [0.717, 1.165) is 17.7 Å². The predicted octanol–water partition coefficient (Wildman–Crippen LogP) is 2.16. The molecular formula is C15H13F3N4O. The van der Waals surface area contributed by atoms with E-state index in [-0.39, 0.29) is 18.3 Å². The van der Waals surface area contributed by atoms with E-state index in [1.54, 1.807) is 6.20 Å². The number of carbonyl (C=O) groups is 1. The number of carbonyl (C=O) groups excluding carboxylic acids is 1. The number of halogens is 3. The molecule has 1 aliphatic heterocycles. The van der Waals surface area contributed by atoms with E-state index in [2.05, 4.69) is 9.97 Å². The molecule has 0 aliphatic carbocycles. The smallest absolute Gasteiger partial charge is 0.368 e. The van der Waals surface area contributed by atoms with E-state index >= 15 is 0 Å². The molecule has 2 aromatic rings. The Labute approximate surface area is 130 Å². The normalized spacial score (nSPS) is 14.0. The van der Waals surface area contributed by atoms with Crippen LogP contribution in [0.5, 0.6) is 0 Å². The Balaban J connectivity index is 1.72. The van der Waals surface area contributed by atoms with Gasteiger partial charge in [0, 0.05) is 18.3 Å². The van der Waals surface area contributed by atoms with Crippen molar-refractivity contribution in [2.24, 2.45) is 0 Å². The first-order chi connectivity index (χ1) is 10.8. The highest BCUT2D eigenvalue weighted by Crippen LogP contribution is 2.30. The maximum absolute atomic E-state index is 12.7. The number of fused-ring (bicyclic) bond motifs is 1. The number of aromatic nitrogens is 2. The van der Waals surface area contributed by atoms with Gasteiger partial charge in [-0.3, -0.25) is 4.79 Å². The molecule has 2 N–H and O–H groups in total. The lowest BCUT2D eigenvalue weighted by molar-refractivity contribution is -0.138. The highest BCUT2D eigenvalue weighted by molar-refractivity contribution is 5.79. The molecule has 8 heteroatoms. The Morgan fingerprint density at radius 3 is 2.83 bits per heavy atom. The highest BCUT2D eigenvalue weighted by atomic mass is 19.4. The first-order valence-electron chi connectivity index (χ1n) is 6.87. The monoisotopic (exact) mass is 322 g/mol. The number of alkyl halides is 3. The van der Waals surface area contributed by atoms with Crippen LogP contribution < -0.4 is 5.73 Å². The van der Waals surface area contributed by atoms with Crippen molar-refractivity contribution >= 4 is 11.9 Å². The average Bonchev–Trinajstić information content (AvgIpc) is 2.90. The van der Waals surface area contributed by atoms with E-state index in [1.165, 1.54) is 17.0 Å². The van der Waals surface area contributed by atoms with Crippen LogP contribution in [-0.2, 0) is 30.5 Å². The van der Waals surface area contributed by atoms with Crippen LogP contribution in [0, 0.1) is 0 Å². The Bertz CT molecular complexity index is 761. The van der Waals surface area contributed by atoms with Crippen LogP contribution in [0.3, 0.4) is 0 Å². The Morgan fingerprint density at radius 2 is 2.09 bits per heavy atom. The second kappa shape index (κ2) is 5.53. The molecule has 1 aliphatic rings. The van der Waals surface area contributed by atoms with Gasteiger partial charge in [0.05, 0.1) is 24.2 Å². The van der Waals surface area contributed by atoms with Crippen molar-refractivity contribution in [3.05, 3.63) is 52.8 Å². The van der Waals surface area contributed by atoms with Gasteiger partial charge in [-0.2, -0.15) is 13.2 Å². The van der Waals surface area contributed by atoms with Gasteiger partial charge in [0.15, 0.2) is 0 Å². The molecule has 0 unspecified atom stereocenters.